The normalized spacial score (nSPS) is 10.9. The quantitative estimate of drug-likeness (QED) is 0.698. The van der Waals surface area contributed by atoms with Gasteiger partial charge in [0.15, 0.2) is 6.29 Å². The van der Waals surface area contributed by atoms with Crippen LogP contribution in [-0.4, -0.2) is 18.4 Å². The van der Waals surface area contributed by atoms with Gasteiger partial charge in [-0.3, -0.25) is 4.79 Å². The second kappa shape index (κ2) is 5.85. The lowest BCUT2D eigenvalue weighted by atomic mass is 10.0. The molecule has 1 heterocycles. The smallest absolute Gasteiger partial charge is 0.152 e. The van der Waals surface area contributed by atoms with Gasteiger partial charge in [0.1, 0.15) is 5.75 Å². The van der Waals surface area contributed by atoms with Crippen LogP contribution in [0, 0.1) is 0 Å². The number of nitrogens with one attached hydrogen (secondary N) is 1. The lowest BCUT2D eigenvalue weighted by molar-refractivity contribution is 0.112. The number of hydrogen-bond donors (Lipinski definition) is 1. The number of benzene rings is 2. The van der Waals surface area contributed by atoms with E-state index in [2.05, 4.69) is 24.0 Å². The second-order valence-electron chi connectivity index (χ2n) is 5.11. The molecule has 3 aromatic rings. The zero-order valence-electron chi connectivity index (χ0n) is 12.4. The molecule has 0 amide bonds. The summed E-state index contributed by atoms with van der Waals surface area (Å²) < 4.78 is 5.17. The predicted octanol–water partition coefficient (Wildman–Crippen LogP) is 4.87. The third kappa shape index (κ3) is 2.38. The van der Waals surface area contributed by atoms with E-state index in [1.807, 2.05) is 12.1 Å². The largest absolute Gasteiger partial charge is 0.495 e. The molecule has 112 valence electrons. The topological polar surface area (TPSA) is 42.1 Å². The standard InChI is InChI=1S/C18H16ClNO2/c1-3-11-4-6-16-13(8-11)14(10-21)18(20-16)12-5-7-17(22-2)15(19)9-12/h4-10,20H,3H2,1-2H3. The molecule has 0 atom stereocenters. The summed E-state index contributed by atoms with van der Waals surface area (Å²) in [6, 6.07) is 11.6. The molecule has 0 unspecified atom stereocenters. The minimum absolute atomic E-state index is 0.518. The van der Waals surface area contributed by atoms with Gasteiger partial charge in [-0.25, -0.2) is 0 Å². The molecule has 22 heavy (non-hydrogen) atoms. The Hall–Kier alpha value is -2.26. The van der Waals surface area contributed by atoms with Crippen molar-refractivity contribution in [2.75, 3.05) is 7.11 Å². The number of aldehydes is 1. The average molecular weight is 314 g/mol. The maximum atomic E-state index is 11.6. The Kier molecular flexibility index (Phi) is 3.90. The molecule has 0 saturated heterocycles. The highest BCUT2D eigenvalue weighted by Crippen LogP contribution is 2.34. The molecule has 4 heteroatoms. The highest BCUT2D eigenvalue weighted by Gasteiger charge is 2.14. The van der Waals surface area contributed by atoms with E-state index in [1.54, 1.807) is 19.2 Å². The van der Waals surface area contributed by atoms with Crippen LogP contribution in [0.4, 0.5) is 0 Å². The highest BCUT2D eigenvalue weighted by molar-refractivity contribution is 6.32. The third-order valence-corrected chi connectivity index (χ3v) is 4.17. The van der Waals surface area contributed by atoms with Crippen molar-refractivity contribution in [3.63, 3.8) is 0 Å². The summed E-state index contributed by atoms with van der Waals surface area (Å²) in [7, 11) is 1.58. The molecule has 0 spiro atoms. The molecular formula is C18H16ClNO2. The van der Waals surface area contributed by atoms with E-state index < -0.39 is 0 Å². The lowest BCUT2D eigenvalue weighted by Gasteiger charge is -2.05. The number of ether oxygens (including phenoxy) is 1. The summed E-state index contributed by atoms with van der Waals surface area (Å²) in [6.45, 7) is 2.10. The molecule has 0 saturated carbocycles. The van der Waals surface area contributed by atoms with Crippen molar-refractivity contribution in [1.82, 2.24) is 4.98 Å². The minimum Gasteiger partial charge on any atom is -0.495 e. The number of halogens is 1. The molecule has 3 nitrogen and oxygen atoms in total. The summed E-state index contributed by atoms with van der Waals surface area (Å²) >= 11 is 6.19. The van der Waals surface area contributed by atoms with Gasteiger partial charge in [0.2, 0.25) is 0 Å². The summed E-state index contributed by atoms with van der Waals surface area (Å²) in [5, 5.41) is 1.46. The number of carbonyl (C=O) groups is 1. The molecule has 2 aromatic carbocycles. The summed E-state index contributed by atoms with van der Waals surface area (Å²) in [6.07, 6.45) is 1.83. The Morgan fingerprint density at radius 2 is 2.05 bits per heavy atom. The number of carbonyl (C=O) groups excluding carboxylic acids is 1. The first-order chi connectivity index (χ1) is 10.7. The number of methoxy groups -OCH3 is 1. The van der Waals surface area contributed by atoms with Crippen LogP contribution in [0.15, 0.2) is 36.4 Å². The van der Waals surface area contributed by atoms with E-state index in [4.69, 9.17) is 16.3 Å². The fourth-order valence-electron chi connectivity index (χ4n) is 2.65. The first-order valence-corrected chi connectivity index (χ1v) is 7.49. The first kappa shape index (κ1) is 14.7. The summed E-state index contributed by atoms with van der Waals surface area (Å²) in [4.78, 5) is 14.9. The summed E-state index contributed by atoms with van der Waals surface area (Å²) in [5.74, 6) is 0.613. The van der Waals surface area contributed by atoms with Crippen LogP contribution in [0.1, 0.15) is 22.8 Å². The van der Waals surface area contributed by atoms with Crippen LogP contribution in [0.25, 0.3) is 22.2 Å². The Morgan fingerprint density at radius 1 is 1.23 bits per heavy atom. The average Bonchev–Trinajstić information content (AvgIpc) is 2.92. The predicted molar refractivity (Wildman–Crippen MR) is 90.1 cm³/mol. The Bertz CT molecular complexity index is 852. The zero-order chi connectivity index (χ0) is 15.7. The van der Waals surface area contributed by atoms with Gasteiger partial charge in [-0.1, -0.05) is 24.6 Å². The van der Waals surface area contributed by atoms with Gasteiger partial charge in [0.25, 0.3) is 0 Å². The molecule has 1 aromatic heterocycles. The zero-order valence-corrected chi connectivity index (χ0v) is 13.2. The van der Waals surface area contributed by atoms with Crippen molar-refractivity contribution in [2.24, 2.45) is 0 Å². The molecule has 3 rings (SSSR count). The van der Waals surface area contributed by atoms with Gasteiger partial charge >= 0.3 is 0 Å². The van der Waals surface area contributed by atoms with Crippen LogP contribution >= 0.6 is 11.6 Å². The number of aromatic nitrogens is 1. The number of fused-ring (bicyclic) bond motifs is 1. The van der Waals surface area contributed by atoms with Crippen molar-refractivity contribution < 1.29 is 9.53 Å². The lowest BCUT2D eigenvalue weighted by Crippen LogP contribution is -1.88. The maximum absolute atomic E-state index is 11.6. The number of rotatable bonds is 4. The minimum atomic E-state index is 0.518. The monoisotopic (exact) mass is 313 g/mol. The van der Waals surface area contributed by atoms with E-state index in [0.717, 1.165) is 34.9 Å². The molecule has 0 aliphatic rings. The second-order valence-corrected chi connectivity index (χ2v) is 5.52. The van der Waals surface area contributed by atoms with E-state index in [-0.39, 0.29) is 0 Å². The molecule has 1 N–H and O–H groups in total. The van der Waals surface area contributed by atoms with Gasteiger partial charge < -0.3 is 9.72 Å². The number of aromatic amines is 1. The third-order valence-electron chi connectivity index (χ3n) is 3.87. The molecule has 0 aliphatic carbocycles. The van der Waals surface area contributed by atoms with Gasteiger partial charge in [-0.15, -0.1) is 0 Å². The molecule has 0 fully saturated rings. The first-order valence-electron chi connectivity index (χ1n) is 7.11. The number of aryl methyl sites for hydroxylation is 1. The van der Waals surface area contributed by atoms with Crippen molar-refractivity contribution >= 4 is 28.8 Å². The van der Waals surface area contributed by atoms with Crippen LogP contribution in [0.3, 0.4) is 0 Å². The highest BCUT2D eigenvalue weighted by atomic mass is 35.5. The van der Waals surface area contributed by atoms with Gasteiger partial charge in [-0.05, 0) is 42.3 Å². The van der Waals surface area contributed by atoms with Crippen molar-refractivity contribution in [2.45, 2.75) is 13.3 Å². The van der Waals surface area contributed by atoms with Crippen LogP contribution in [0.2, 0.25) is 5.02 Å². The van der Waals surface area contributed by atoms with Crippen LogP contribution in [-0.2, 0) is 6.42 Å². The molecule has 0 radical (unpaired) electrons. The van der Waals surface area contributed by atoms with Gasteiger partial charge in [-0.2, -0.15) is 0 Å². The molecular weight excluding hydrogens is 298 g/mol. The fraction of sp³-hybridized carbons (Fsp3) is 0.167. The van der Waals surface area contributed by atoms with Crippen molar-refractivity contribution in [3.8, 4) is 17.0 Å². The van der Waals surface area contributed by atoms with E-state index in [0.29, 0.717) is 16.3 Å². The Morgan fingerprint density at radius 3 is 2.68 bits per heavy atom. The van der Waals surface area contributed by atoms with Gasteiger partial charge in [0.05, 0.1) is 17.8 Å². The summed E-state index contributed by atoms with van der Waals surface area (Å²) in [5.41, 5.74) is 4.45. The Labute approximate surface area is 133 Å². The number of H-pyrrole nitrogens is 1. The molecule has 0 aliphatic heterocycles. The van der Waals surface area contributed by atoms with Crippen molar-refractivity contribution in [3.05, 3.63) is 52.5 Å². The molecule has 0 bridgehead atoms. The van der Waals surface area contributed by atoms with E-state index in [9.17, 15) is 4.79 Å². The Balaban J connectivity index is 2.22. The maximum Gasteiger partial charge on any atom is 0.152 e. The number of hydrogen-bond acceptors (Lipinski definition) is 2. The van der Waals surface area contributed by atoms with Crippen LogP contribution in [0.5, 0.6) is 5.75 Å². The fourth-order valence-corrected chi connectivity index (χ4v) is 2.91. The van der Waals surface area contributed by atoms with Crippen LogP contribution < -0.4 is 4.74 Å². The van der Waals surface area contributed by atoms with E-state index in [1.165, 1.54) is 5.56 Å². The van der Waals surface area contributed by atoms with Gasteiger partial charge in [0, 0.05) is 22.0 Å². The SMILES string of the molecule is CCc1ccc2[nH]c(-c3ccc(OC)c(Cl)c3)c(C=O)c2c1. The van der Waals surface area contributed by atoms with Crippen molar-refractivity contribution in [1.29, 1.82) is 0 Å². The van der Waals surface area contributed by atoms with E-state index >= 15 is 0 Å².